The zero-order valence-electron chi connectivity index (χ0n) is 8.37. The topological polar surface area (TPSA) is 29.5 Å². The first-order valence-corrected chi connectivity index (χ1v) is 4.48. The summed E-state index contributed by atoms with van der Waals surface area (Å²) in [7, 11) is 0. The Morgan fingerprint density at radius 1 is 1.38 bits per heavy atom. The Bertz CT molecular complexity index is 279. The Balaban J connectivity index is 2.71. The molecule has 0 saturated carbocycles. The van der Waals surface area contributed by atoms with Gasteiger partial charge in [-0.25, -0.2) is 0 Å². The van der Waals surface area contributed by atoms with Gasteiger partial charge in [-0.05, 0) is 38.0 Å². The van der Waals surface area contributed by atoms with Crippen LogP contribution in [0.4, 0.5) is 0 Å². The Morgan fingerprint density at radius 2 is 2.08 bits per heavy atom. The Morgan fingerprint density at radius 3 is 2.69 bits per heavy atom. The van der Waals surface area contributed by atoms with Crippen molar-refractivity contribution in [2.45, 2.75) is 26.9 Å². The molecule has 0 aromatic heterocycles. The Hall–Kier alpha value is -1.02. The van der Waals surface area contributed by atoms with Gasteiger partial charge >= 0.3 is 0 Å². The van der Waals surface area contributed by atoms with Crippen LogP contribution in [-0.4, -0.2) is 17.8 Å². The van der Waals surface area contributed by atoms with Gasteiger partial charge in [0.25, 0.3) is 0 Å². The van der Waals surface area contributed by atoms with E-state index in [1.54, 1.807) is 6.92 Å². The molecule has 1 aromatic rings. The fraction of sp³-hybridized carbons (Fsp3) is 0.455. The zero-order chi connectivity index (χ0) is 9.84. The second kappa shape index (κ2) is 4.28. The number of aryl methyl sites for hydroxylation is 1. The molecule has 13 heavy (non-hydrogen) atoms. The van der Waals surface area contributed by atoms with Gasteiger partial charge < -0.3 is 9.84 Å². The minimum absolute atomic E-state index is 0.351. The van der Waals surface area contributed by atoms with Gasteiger partial charge in [0.05, 0.1) is 6.10 Å². The van der Waals surface area contributed by atoms with Crippen LogP contribution in [0.2, 0.25) is 0 Å². The summed E-state index contributed by atoms with van der Waals surface area (Å²) in [6, 6.07) is 5.93. The van der Waals surface area contributed by atoms with Crippen LogP contribution >= 0.6 is 0 Å². The lowest BCUT2D eigenvalue weighted by Crippen LogP contribution is -2.13. The molecule has 0 spiro atoms. The number of rotatable bonds is 3. The quantitative estimate of drug-likeness (QED) is 0.771. The van der Waals surface area contributed by atoms with Crippen molar-refractivity contribution >= 4 is 0 Å². The molecule has 0 heterocycles. The first-order chi connectivity index (χ1) is 6.11. The molecule has 1 rings (SSSR count). The van der Waals surface area contributed by atoms with Crippen molar-refractivity contribution in [1.82, 2.24) is 0 Å². The highest BCUT2D eigenvalue weighted by molar-refractivity contribution is 5.38. The van der Waals surface area contributed by atoms with E-state index in [1.165, 1.54) is 5.56 Å². The van der Waals surface area contributed by atoms with Crippen LogP contribution < -0.4 is 4.74 Å². The molecule has 1 N–H and O–H groups in total. The number of aliphatic hydroxyl groups excluding tert-OH is 1. The minimum atomic E-state index is -0.417. The average molecular weight is 180 g/mol. The third kappa shape index (κ3) is 2.74. The molecule has 0 saturated heterocycles. The molecule has 0 radical (unpaired) electrons. The maximum absolute atomic E-state index is 9.05. The van der Waals surface area contributed by atoms with E-state index < -0.39 is 6.10 Å². The van der Waals surface area contributed by atoms with Crippen LogP contribution in [0.15, 0.2) is 18.2 Å². The number of ether oxygens (including phenoxy) is 1. The van der Waals surface area contributed by atoms with Crippen molar-refractivity contribution in [3.63, 3.8) is 0 Å². The van der Waals surface area contributed by atoms with E-state index in [9.17, 15) is 0 Å². The molecule has 0 aliphatic heterocycles. The molecule has 0 aliphatic carbocycles. The van der Waals surface area contributed by atoms with Gasteiger partial charge in [-0.1, -0.05) is 12.1 Å². The van der Waals surface area contributed by atoms with Crippen molar-refractivity contribution in [2.75, 3.05) is 6.61 Å². The fourth-order valence-electron chi connectivity index (χ4n) is 1.09. The first kappa shape index (κ1) is 10.1. The summed E-state index contributed by atoms with van der Waals surface area (Å²) in [6.07, 6.45) is -0.417. The SMILES string of the molecule is Cc1cccc(OC[C@@H](C)O)c1C. The van der Waals surface area contributed by atoms with Gasteiger partial charge in [0.15, 0.2) is 0 Å². The second-order valence-electron chi connectivity index (χ2n) is 3.36. The standard InChI is InChI=1S/C11H16O2/c1-8-5-4-6-11(10(8)3)13-7-9(2)12/h4-6,9,12H,7H2,1-3H3/t9-/m1/s1. The Kier molecular flexibility index (Phi) is 3.32. The average Bonchev–Trinajstić information content (AvgIpc) is 2.07. The maximum Gasteiger partial charge on any atom is 0.122 e. The van der Waals surface area contributed by atoms with Crippen LogP contribution in [0.3, 0.4) is 0 Å². The lowest BCUT2D eigenvalue weighted by Gasteiger charge is -2.11. The molecule has 1 atom stereocenters. The van der Waals surface area contributed by atoms with Crippen LogP contribution in [0, 0.1) is 13.8 Å². The van der Waals surface area contributed by atoms with Crippen molar-refractivity contribution in [3.8, 4) is 5.75 Å². The summed E-state index contributed by atoms with van der Waals surface area (Å²) < 4.78 is 5.43. The lowest BCUT2D eigenvalue weighted by molar-refractivity contribution is 0.122. The molecule has 2 nitrogen and oxygen atoms in total. The molecule has 0 unspecified atom stereocenters. The van der Waals surface area contributed by atoms with Crippen LogP contribution in [0.25, 0.3) is 0 Å². The third-order valence-electron chi connectivity index (χ3n) is 2.03. The summed E-state index contributed by atoms with van der Waals surface area (Å²) in [5.41, 5.74) is 2.35. The van der Waals surface area contributed by atoms with E-state index >= 15 is 0 Å². The summed E-state index contributed by atoms with van der Waals surface area (Å²) in [5.74, 6) is 0.862. The minimum Gasteiger partial charge on any atom is -0.491 e. The van der Waals surface area contributed by atoms with Gasteiger partial charge in [0.2, 0.25) is 0 Å². The van der Waals surface area contributed by atoms with Gasteiger partial charge in [-0.3, -0.25) is 0 Å². The van der Waals surface area contributed by atoms with E-state index in [2.05, 4.69) is 0 Å². The number of hydrogen-bond acceptors (Lipinski definition) is 2. The van der Waals surface area contributed by atoms with Crippen LogP contribution in [-0.2, 0) is 0 Å². The predicted octanol–water partition coefficient (Wildman–Crippen LogP) is 2.06. The van der Waals surface area contributed by atoms with Crippen LogP contribution in [0.5, 0.6) is 5.75 Å². The van der Waals surface area contributed by atoms with E-state index in [0.717, 1.165) is 11.3 Å². The molecular weight excluding hydrogens is 164 g/mol. The van der Waals surface area contributed by atoms with E-state index in [4.69, 9.17) is 9.84 Å². The molecule has 0 aliphatic rings. The van der Waals surface area contributed by atoms with Crippen molar-refractivity contribution in [3.05, 3.63) is 29.3 Å². The number of benzene rings is 1. The van der Waals surface area contributed by atoms with Gasteiger partial charge in [-0.15, -0.1) is 0 Å². The van der Waals surface area contributed by atoms with E-state index in [1.807, 2.05) is 32.0 Å². The molecular formula is C11H16O2. The molecule has 72 valence electrons. The predicted molar refractivity (Wildman–Crippen MR) is 53.1 cm³/mol. The summed E-state index contributed by atoms with van der Waals surface area (Å²) in [5, 5.41) is 9.05. The molecule has 1 aromatic carbocycles. The molecule has 0 amide bonds. The van der Waals surface area contributed by atoms with E-state index in [-0.39, 0.29) is 0 Å². The molecule has 2 heteroatoms. The number of hydrogen-bond donors (Lipinski definition) is 1. The number of aliphatic hydroxyl groups is 1. The molecule has 0 fully saturated rings. The third-order valence-corrected chi connectivity index (χ3v) is 2.03. The highest BCUT2D eigenvalue weighted by Crippen LogP contribution is 2.20. The Labute approximate surface area is 79.2 Å². The van der Waals surface area contributed by atoms with Gasteiger partial charge in [0, 0.05) is 0 Å². The van der Waals surface area contributed by atoms with Crippen molar-refractivity contribution < 1.29 is 9.84 Å². The van der Waals surface area contributed by atoms with Crippen molar-refractivity contribution in [2.24, 2.45) is 0 Å². The van der Waals surface area contributed by atoms with Crippen molar-refractivity contribution in [1.29, 1.82) is 0 Å². The fourth-order valence-corrected chi connectivity index (χ4v) is 1.09. The monoisotopic (exact) mass is 180 g/mol. The molecule has 0 bridgehead atoms. The summed E-state index contributed by atoms with van der Waals surface area (Å²) >= 11 is 0. The maximum atomic E-state index is 9.05. The van der Waals surface area contributed by atoms with Gasteiger partial charge in [0.1, 0.15) is 12.4 Å². The summed E-state index contributed by atoms with van der Waals surface area (Å²) in [6.45, 7) is 6.13. The smallest absolute Gasteiger partial charge is 0.122 e. The van der Waals surface area contributed by atoms with Gasteiger partial charge in [-0.2, -0.15) is 0 Å². The van der Waals surface area contributed by atoms with Crippen LogP contribution in [0.1, 0.15) is 18.1 Å². The second-order valence-corrected chi connectivity index (χ2v) is 3.36. The van der Waals surface area contributed by atoms with E-state index in [0.29, 0.717) is 6.61 Å². The zero-order valence-corrected chi connectivity index (χ0v) is 8.37. The largest absolute Gasteiger partial charge is 0.491 e. The highest BCUT2D eigenvalue weighted by atomic mass is 16.5. The highest BCUT2D eigenvalue weighted by Gasteiger charge is 2.02. The first-order valence-electron chi connectivity index (χ1n) is 4.48. The normalized spacial score (nSPS) is 12.6. The lowest BCUT2D eigenvalue weighted by atomic mass is 10.1. The summed E-state index contributed by atoms with van der Waals surface area (Å²) in [4.78, 5) is 0.